The van der Waals surface area contributed by atoms with Gasteiger partial charge in [0.25, 0.3) is 5.91 Å². The Bertz CT molecular complexity index is 1310. The number of halogens is 1. The van der Waals surface area contributed by atoms with Gasteiger partial charge in [-0.1, -0.05) is 35.9 Å². The molecule has 212 valence electrons. The number of nitrogens with one attached hydrogen (secondary N) is 1. The Balaban J connectivity index is 1.64. The van der Waals surface area contributed by atoms with Crippen LogP contribution < -0.4 is 10.1 Å². The van der Waals surface area contributed by atoms with Gasteiger partial charge >= 0.3 is 12.0 Å². The Morgan fingerprint density at radius 3 is 2.62 bits per heavy atom. The maximum Gasteiger partial charge on any atom is 0.338 e. The number of methoxy groups -OCH3 is 1. The zero-order valence-corrected chi connectivity index (χ0v) is 23.8. The normalized spacial score (nSPS) is 19.8. The number of rotatable bonds is 9. The molecular formula is C30H35ClN4O5. The van der Waals surface area contributed by atoms with E-state index in [1.165, 1.54) is 4.90 Å². The van der Waals surface area contributed by atoms with Gasteiger partial charge in [0.1, 0.15) is 5.75 Å². The van der Waals surface area contributed by atoms with Crippen molar-refractivity contribution in [3.63, 3.8) is 0 Å². The molecule has 0 aliphatic carbocycles. The minimum Gasteiger partial charge on any atom is -0.497 e. The van der Waals surface area contributed by atoms with Crippen LogP contribution in [0.1, 0.15) is 35.8 Å². The number of esters is 1. The minimum atomic E-state index is -0.727. The summed E-state index contributed by atoms with van der Waals surface area (Å²) in [6, 6.07) is 13.0. The highest BCUT2D eigenvalue weighted by atomic mass is 35.5. The standard InChI is InChI=1S/C30H35ClN4O5/c1-5-13-35-25(26(29(37)40-6-2)27(32-30(35)38)21-9-7-11-23(31)16-21)19-33-14-15-34(20(3)18-33)28(36)22-10-8-12-24(17-22)39-4/h5,7-12,16-17,20,27H,1,6,13-15,18-19H2,2-4H3,(H,32,38). The van der Waals surface area contributed by atoms with Crippen LogP contribution in [0.15, 0.2) is 72.5 Å². The second kappa shape index (κ2) is 13.0. The third-order valence-corrected chi connectivity index (χ3v) is 7.33. The molecule has 1 fully saturated rings. The lowest BCUT2D eigenvalue weighted by Gasteiger charge is -2.43. The fraction of sp³-hybridized carbons (Fsp3) is 0.367. The number of ether oxygens (including phenoxy) is 2. The smallest absolute Gasteiger partial charge is 0.338 e. The van der Waals surface area contributed by atoms with Gasteiger partial charge in [0, 0.05) is 55.0 Å². The number of nitrogens with zero attached hydrogens (tertiary/aromatic N) is 3. The summed E-state index contributed by atoms with van der Waals surface area (Å²) in [6.07, 6.45) is 1.62. The van der Waals surface area contributed by atoms with Crippen LogP contribution in [0.4, 0.5) is 4.79 Å². The molecule has 3 amide bonds. The van der Waals surface area contributed by atoms with Crippen molar-refractivity contribution in [1.82, 2.24) is 20.0 Å². The molecule has 2 aliphatic heterocycles. The van der Waals surface area contributed by atoms with Crippen molar-refractivity contribution in [1.29, 1.82) is 0 Å². The second-order valence-corrected chi connectivity index (χ2v) is 10.2. The summed E-state index contributed by atoms with van der Waals surface area (Å²) in [5.74, 6) is 0.0583. The molecule has 9 nitrogen and oxygen atoms in total. The van der Waals surface area contributed by atoms with Gasteiger partial charge in [0.05, 0.1) is 25.3 Å². The predicted molar refractivity (Wildman–Crippen MR) is 153 cm³/mol. The highest BCUT2D eigenvalue weighted by Crippen LogP contribution is 2.33. The molecule has 10 heteroatoms. The maximum absolute atomic E-state index is 13.4. The lowest BCUT2D eigenvalue weighted by atomic mass is 9.94. The first-order valence-corrected chi connectivity index (χ1v) is 13.7. The first-order chi connectivity index (χ1) is 19.3. The largest absolute Gasteiger partial charge is 0.497 e. The third-order valence-electron chi connectivity index (χ3n) is 7.09. The number of benzene rings is 2. The molecule has 2 aromatic rings. The van der Waals surface area contributed by atoms with Crippen LogP contribution in [0.5, 0.6) is 5.75 Å². The van der Waals surface area contributed by atoms with Gasteiger partial charge in [-0.3, -0.25) is 14.6 Å². The van der Waals surface area contributed by atoms with Gasteiger partial charge in [-0.2, -0.15) is 0 Å². The molecule has 1 N–H and O–H groups in total. The van der Waals surface area contributed by atoms with Gasteiger partial charge in [0.2, 0.25) is 0 Å². The molecule has 0 saturated carbocycles. The molecule has 2 aromatic carbocycles. The van der Waals surface area contributed by atoms with Crippen LogP contribution in [0, 0.1) is 0 Å². The number of carbonyl (C=O) groups excluding carboxylic acids is 3. The predicted octanol–water partition coefficient (Wildman–Crippen LogP) is 4.26. The lowest BCUT2D eigenvalue weighted by molar-refractivity contribution is -0.139. The van der Waals surface area contributed by atoms with Crippen molar-refractivity contribution < 1.29 is 23.9 Å². The van der Waals surface area contributed by atoms with E-state index in [4.69, 9.17) is 21.1 Å². The fourth-order valence-electron chi connectivity index (χ4n) is 5.19. The Labute approximate surface area is 240 Å². The van der Waals surface area contributed by atoms with E-state index in [1.54, 1.807) is 62.6 Å². The Morgan fingerprint density at radius 2 is 1.95 bits per heavy atom. The number of hydrogen-bond acceptors (Lipinski definition) is 6. The number of carbonyl (C=O) groups is 3. The van der Waals surface area contributed by atoms with Crippen LogP contribution >= 0.6 is 11.6 Å². The fourth-order valence-corrected chi connectivity index (χ4v) is 5.39. The first-order valence-electron chi connectivity index (χ1n) is 13.3. The summed E-state index contributed by atoms with van der Waals surface area (Å²) in [4.78, 5) is 45.5. The molecule has 40 heavy (non-hydrogen) atoms. The zero-order chi connectivity index (χ0) is 28.8. The van der Waals surface area contributed by atoms with E-state index in [2.05, 4.69) is 16.8 Å². The topological polar surface area (TPSA) is 91.4 Å². The summed E-state index contributed by atoms with van der Waals surface area (Å²) in [5, 5.41) is 3.45. The molecule has 0 spiro atoms. The van der Waals surface area contributed by atoms with Crippen molar-refractivity contribution in [3.05, 3.63) is 88.6 Å². The lowest BCUT2D eigenvalue weighted by Crippen LogP contribution is -2.56. The first kappa shape index (κ1) is 29.2. The van der Waals surface area contributed by atoms with Crippen molar-refractivity contribution in [2.45, 2.75) is 25.9 Å². The number of amides is 3. The Hall–Kier alpha value is -3.82. The molecule has 2 unspecified atom stereocenters. The van der Waals surface area contributed by atoms with Crippen molar-refractivity contribution in [3.8, 4) is 5.75 Å². The van der Waals surface area contributed by atoms with E-state index in [0.717, 1.165) is 0 Å². The highest BCUT2D eigenvalue weighted by Gasteiger charge is 2.39. The molecule has 0 bridgehead atoms. The van der Waals surface area contributed by atoms with Gasteiger partial charge in [-0.15, -0.1) is 6.58 Å². The van der Waals surface area contributed by atoms with Gasteiger partial charge < -0.3 is 19.7 Å². The van der Waals surface area contributed by atoms with Crippen molar-refractivity contribution in [2.75, 3.05) is 46.4 Å². The Morgan fingerprint density at radius 1 is 1.18 bits per heavy atom. The molecule has 0 radical (unpaired) electrons. The van der Waals surface area contributed by atoms with Gasteiger partial charge in [-0.25, -0.2) is 9.59 Å². The average Bonchev–Trinajstić information content (AvgIpc) is 2.94. The molecule has 2 atom stereocenters. The molecular weight excluding hydrogens is 532 g/mol. The molecule has 4 rings (SSSR count). The van der Waals surface area contributed by atoms with E-state index >= 15 is 0 Å². The van der Waals surface area contributed by atoms with Crippen LogP contribution in [0.3, 0.4) is 0 Å². The van der Waals surface area contributed by atoms with Crippen molar-refractivity contribution >= 4 is 29.5 Å². The summed E-state index contributed by atoms with van der Waals surface area (Å²) in [6.45, 7) is 9.88. The van der Waals surface area contributed by atoms with Crippen LogP contribution in [-0.4, -0.2) is 85.1 Å². The Kier molecular flexibility index (Phi) is 9.50. The van der Waals surface area contributed by atoms with Crippen LogP contribution in [0.25, 0.3) is 0 Å². The highest BCUT2D eigenvalue weighted by molar-refractivity contribution is 6.30. The minimum absolute atomic E-state index is 0.0659. The van der Waals surface area contributed by atoms with Crippen molar-refractivity contribution in [2.24, 2.45) is 0 Å². The SMILES string of the molecule is C=CCN1C(=O)NC(c2cccc(Cl)c2)C(C(=O)OCC)=C1CN1CCN(C(=O)c2cccc(OC)c2)C(C)C1. The summed E-state index contributed by atoms with van der Waals surface area (Å²) < 4.78 is 10.7. The summed E-state index contributed by atoms with van der Waals surface area (Å²) in [7, 11) is 1.57. The van der Waals surface area contributed by atoms with Crippen LogP contribution in [-0.2, 0) is 9.53 Å². The summed E-state index contributed by atoms with van der Waals surface area (Å²) in [5.41, 5.74) is 2.15. The maximum atomic E-state index is 13.4. The molecule has 1 saturated heterocycles. The molecule has 0 aromatic heterocycles. The van der Waals surface area contributed by atoms with Crippen LogP contribution in [0.2, 0.25) is 5.02 Å². The molecule has 2 aliphatic rings. The number of urea groups is 1. The second-order valence-electron chi connectivity index (χ2n) is 9.73. The van der Waals surface area contributed by atoms with E-state index in [0.29, 0.717) is 59.3 Å². The average molecular weight is 567 g/mol. The van der Waals surface area contributed by atoms with Gasteiger partial charge in [0.15, 0.2) is 0 Å². The van der Waals surface area contributed by atoms with E-state index in [1.807, 2.05) is 17.9 Å². The van der Waals surface area contributed by atoms with E-state index < -0.39 is 12.0 Å². The molecule has 2 heterocycles. The monoisotopic (exact) mass is 566 g/mol. The van der Waals surface area contributed by atoms with Gasteiger partial charge in [-0.05, 0) is 49.7 Å². The quantitative estimate of drug-likeness (QED) is 0.360. The summed E-state index contributed by atoms with van der Waals surface area (Å²) >= 11 is 6.26. The van der Waals surface area contributed by atoms with E-state index in [9.17, 15) is 14.4 Å². The van der Waals surface area contributed by atoms with E-state index in [-0.39, 0.29) is 31.1 Å². The number of hydrogen-bond donors (Lipinski definition) is 1. The number of piperazine rings is 1. The third kappa shape index (κ3) is 6.32. The zero-order valence-electron chi connectivity index (χ0n) is 23.1.